The van der Waals surface area contributed by atoms with Gasteiger partial charge in [-0.05, 0) is 36.3 Å². The maximum atomic E-state index is 12.5. The zero-order valence-corrected chi connectivity index (χ0v) is 13.7. The van der Waals surface area contributed by atoms with Crippen molar-refractivity contribution < 1.29 is 22.7 Å². The van der Waals surface area contributed by atoms with E-state index in [2.05, 4.69) is 5.32 Å². The summed E-state index contributed by atoms with van der Waals surface area (Å²) >= 11 is 1.80. The fourth-order valence-corrected chi connectivity index (χ4v) is 3.82. The summed E-state index contributed by atoms with van der Waals surface area (Å²) < 4.78 is 42.9. The fourth-order valence-electron chi connectivity index (χ4n) is 2.43. The second-order valence-corrected chi connectivity index (χ2v) is 6.77. The summed E-state index contributed by atoms with van der Waals surface area (Å²) in [7, 11) is 1.65. The molecule has 0 aromatic heterocycles. The van der Waals surface area contributed by atoms with E-state index in [1.807, 2.05) is 0 Å². The summed E-state index contributed by atoms with van der Waals surface area (Å²) in [6.45, 7) is 0.475. The van der Waals surface area contributed by atoms with Crippen molar-refractivity contribution in [2.75, 3.05) is 25.2 Å². The topological polar surface area (TPSA) is 38.3 Å². The van der Waals surface area contributed by atoms with E-state index in [0.717, 1.165) is 30.1 Å². The van der Waals surface area contributed by atoms with Crippen LogP contribution in [0.3, 0.4) is 0 Å². The molecule has 0 radical (unpaired) electrons. The molecule has 0 bridgehead atoms. The largest absolute Gasteiger partial charge is 0.416 e. The third-order valence-electron chi connectivity index (χ3n) is 4.03. The summed E-state index contributed by atoms with van der Waals surface area (Å²) in [5, 5.41) is 2.86. The molecule has 1 N–H and O–H groups in total. The summed E-state index contributed by atoms with van der Waals surface area (Å²) in [5.41, 5.74) is -0.244. The molecule has 0 saturated carbocycles. The quantitative estimate of drug-likeness (QED) is 0.858. The van der Waals surface area contributed by atoms with Crippen LogP contribution < -0.4 is 5.32 Å². The van der Waals surface area contributed by atoms with Gasteiger partial charge in [0.15, 0.2) is 0 Å². The van der Waals surface area contributed by atoms with Crippen molar-refractivity contribution in [2.45, 2.75) is 31.0 Å². The van der Waals surface area contributed by atoms with Gasteiger partial charge in [-0.2, -0.15) is 24.9 Å². The van der Waals surface area contributed by atoms with E-state index < -0.39 is 11.7 Å². The number of halogens is 3. The number of ether oxygens (including phenoxy) is 1. The summed E-state index contributed by atoms with van der Waals surface area (Å²) in [6.07, 6.45) is -2.76. The highest BCUT2D eigenvalue weighted by Crippen LogP contribution is 2.30. The van der Waals surface area contributed by atoms with Crippen molar-refractivity contribution in [3.05, 3.63) is 35.4 Å². The van der Waals surface area contributed by atoms with Gasteiger partial charge in [-0.1, -0.05) is 12.1 Å². The zero-order valence-electron chi connectivity index (χ0n) is 12.9. The van der Waals surface area contributed by atoms with E-state index in [1.54, 1.807) is 18.9 Å². The first-order valence-electron chi connectivity index (χ1n) is 7.40. The lowest BCUT2D eigenvalue weighted by molar-refractivity contribution is -0.137. The Morgan fingerprint density at radius 1 is 1.35 bits per heavy atom. The van der Waals surface area contributed by atoms with Gasteiger partial charge >= 0.3 is 6.18 Å². The first kappa shape index (κ1) is 18.1. The van der Waals surface area contributed by atoms with Crippen molar-refractivity contribution in [2.24, 2.45) is 0 Å². The van der Waals surface area contributed by atoms with Crippen LogP contribution in [-0.4, -0.2) is 36.7 Å². The third kappa shape index (κ3) is 5.14. The molecule has 0 spiro atoms. The molecule has 1 amide bonds. The number of nitrogens with one attached hydrogen (secondary N) is 1. The third-order valence-corrected chi connectivity index (χ3v) is 5.25. The molecule has 23 heavy (non-hydrogen) atoms. The van der Waals surface area contributed by atoms with Crippen molar-refractivity contribution in [3.63, 3.8) is 0 Å². The monoisotopic (exact) mass is 347 g/mol. The van der Waals surface area contributed by atoms with E-state index in [4.69, 9.17) is 4.74 Å². The van der Waals surface area contributed by atoms with Gasteiger partial charge in [0.1, 0.15) is 0 Å². The number of rotatable bonds is 6. The molecule has 1 atom stereocenters. The molecule has 0 aliphatic carbocycles. The molecular formula is C16H20F3NO2S. The molecule has 1 aromatic carbocycles. The van der Waals surface area contributed by atoms with Crippen molar-refractivity contribution in [3.8, 4) is 0 Å². The van der Waals surface area contributed by atoms with E-state index in [-0.39, 0.29) is 17.9 Å². The van der Waals surface area contributed by atoms with Crippen LogP contribution in [0.25, 0.3) is 0 Å². The standard InChI is InChI=1S/C16H20F3NO2S/c1-22-15(8-9-23-11-15)10-20-14(21)7-4-12-2-5-13(6-3-12)16(17,18)19/h2-3,5-6H,4,7-11H2,1H3,(H,20,21)/t15-/m0/s1. The van der Waals surface area contributed by atoms with Gasteiger partial charge < -0.3 is 10.1 Å². The predicted molar refractivity (Wildman–Crippen MR) is 84.5 cm³/mol. The van der Waals surface area contributed by atoms with Gasteiger partial charge in [0.2, 0.25) is 5.91 Å². The normalized spacial score (nSPS) is 21.4. The fraction of sp³-hybridized carbons (Fsp3) is 0.562. The molecule has 1 aromatic rings. The lowest BCUT2D eigenvalue weighted by Crippen LogP contribution is -2.44. The van der Waals surface area contributed by atoms with Crippen LogP contribution in [0.4, 0.5) is 13.2 Å². The molecule has 1 saturated heterocycles. The number of aryl methyl sites for hydroxylation is 1. The van der Waals surface area contributed by atoms with Gasteiger partial charge in [0, 0.05) is 25.8 Å². The second-order valence-electron chi connectivity index (χ2n) is 5.66. The number of thioether (sulfide) groups is 1. The molecule has 7 heteroatoms. The van der Waals surface area contributed by atoms with Gasteiger partial charge in [-0.25, -0.2) is 0 Å². The SMILES string of the molecule is CO[C@]1(CNC(=O)CCc2ccc(C(F)(F)F)cc2)CCSC1. The van der Waals surface area contributed by atoms with Crippen molar-refractivity contribution in [1.29, 1.82) is 0 Å². The Hall–Kier alpha value is -1.21. The molecule has 2 rings (SSSR count). The number of hydrogen-bond donors (Lipinski definition) is 1. The van der Waals surface area contributed by atoms with Crippen molar-refractivity contribution in [1.82, 2.24) is 5.32 Å². The zero-order chi connectivity index (χ0) is 16.9. The maximum absolute atomic E-state index is 12.5. The van der Waals surface area contributed by atoms with Crippen LogP contribution in [0.1, 0.15) is 24.0 Å². The molecule has 1 aliphatic rings. The smallest absolute Gasteiger partial charge is 0.376 e. The average molecular weight is 347 g/mol. The van der Waals surface area contributed by atoms with Crippen LogP contribution in [-0.2, 0) is 22.1 Å². The summed E-state index contributed by atoms with van der Waals surface area (Å²) in [4.78, 5) is 11.9. The predicted octanol–water partition coefficient (Wildman–Crippen LogP) is 3.28. The van der Waals surface area contributed by atoms with Gasteiger partial charge in [-0.3, -0.25) is 4.79 Å². The minimum atomic E-state index is -4.33. The molecule has 1 heterocycles. The number of hydrogen-bond acceptors (Lipinski definition) is 3. The van der Waals surface area contributed by atoms with E-state index in [0.29, 0.717) is 18.5 Å². The van der Waals surface area contributed by atoms with Crippen LogP contribution in [0.5, 0.6) is 0 Å². The van der Waals surface area contributed by atoms with E-state index >= 15 is 0 Å². The molecule has 128 valence electrons. The Morgan fingerprint density at radius 2 is 2.04 bits per heavy atom. The molecule has 0 unspecified atom stereocenters. The van der Waals surface area contributed by atoms with Gasteiger partial charge in [-0.15, -0.1) is 0 Å². The number of carbonyl (C=O) groups excluding carboxylic acids is 1. The van der Waals surface area contributed by atoms with Gasteiger partial charge in [0.25, 0.3) is 0 Å². The highest BCUT2D eigenvalue weighted by atomic mass is 32.2. The number of amides is 1. The Balaban J connectivity index is 1.78. The van der Waals surface area contributed by atoms with Crippen LogP contribution in [0, 0.1) is 0 Å². The molecule has 3 nitrogen and oxygen atoms in total. The summed E-state index contributed by atoms with van der Waals surface area (Å²) in [5.74, 6) is 1.77. The van der Waals surface area contributed by atoms with E-state index in [9.17, 15) is 18.0 Å². The van der Waals surface area contributed by atoms with Crippen LogP contribution in [0.2, 0.25) is 0 Å². The van der Waals surface area contributed by atoms with Crippen molar-refractivity contribution >= 4 is 17.7 Å². The highest BCUT2D eigenvalue weighted by molar-refractivity contribution is 7.99. The average Bonchev–Trinajstić information content (AvgIpc) is 3.00. The highest BCUT2D eigenvalue weighted by Gasteiger charge is 2.34. The minimum Gasteiger partial charge on any atom is -0.376 e. The Kier molecular flexibility index (Phi) is 5.97. The second kappa shape index (κ2) is 7.57. The maximum Gasteiger partial charge on any atom is 0.416 e. The first-order chi connectivity index (χ1) is 10.8. The van der Waals surface area contributed by atoms with Crippen LogP contribution in [0.15, 0.2) is 24.3 Å². The number of benzene rings is 1. The lowest BCUT2D eigenvalue weighted by Gasteiger charge is -2.26. The first-order valence-corrected chi connectivity index (χ1v) is 8.56. The Bertz CT molecular complexity index is 525. The molecule has 1 fully saturated rings. The Labute approximate surface area is 138 Å². The number of methoxy groups -OCH3 is 1. The number of alkyl halides is 3. The molecular weight excluding hydrogens is 327 g/mol. The molecule has 1 aliphatic heterocycles. The Morgan fingerprint density at radius 3 is 2.57 bits per heavy atom. The number of carbonyl (C=O) groups is 1. The lowest BCUT2D eigenvalue weighted by atomic mass is 10.0. The van der Waals surface area contributed by atoms with Crippen LogP contribution >= 0.6 is 11.8 Å². The summed E-state index contributed by atoms with van der Waals surface area (Å²) in [6, 6.07) is 4.92. The van der Waals surface area contributed by atoms with Gasteiger partial charge in [0.05, 0.1) is 11.2 Å². The van der Waals surface area contributed by atoms with E-state index in [1.165, 1.54) is 12.1 Å². The minimum absolute atomic E-state index is 0.113.